The fourth-order valence-electron chi connectivity index (χ4n) is 3.77. The molecule has 1 aliphatic carbocycles. The molecule has 1 heterocycles. The van der Waals surface area contributed by atoms with Crippen LogP contribution >= 0.6 is 0 Å². The van der Waals surface area contributed by atoms with E-state index >= 15 is 0 Å². The third-order valence-corrected chi connectivity index (χ3v) is 5.60. The van der Waals surface area contributed by atoms with Gasteiger partial charge in [0.2, 0.25) is 0 Å². The molecular formula is C16H28N2O. The Hall–Kier alpha value is -0.590. The maximum Gasteiger partial charge on any atom is 0.0861 e. The molecule has 19 heavy (non-hydrogen) atoms. The molecule has 0 radical (unpaired) electrons. The van der Waals surface area contributed by atoms with Crippen LogP contribution in [0.4, 0.5) is 0 Å². The lowest BCUT2D eigenvalue weighted by atomic mass is 9.57. The molecule has 2 fully saturated rings. The molecule has 1 saturated heterocycles. The number of hydrogen-bond donors (Lipinski definition) is 1. The van der Waals surface area contributed by atoms with Crippen LogP contribution in [-0.4, -0.2) is 35.7 Å². The highest BCUT2D eigenvalue weighted by Crippen LogP contribution is 2.53. The monoisotopic (exact) mass is 264 g/mol. The van der Waals surface area contributed by atoms with E-state index in [9.17, 15) is 10.4 Å². The minimum absolute atomic E-state index is 0.332. The van der Waals surface area contributed by atoms with E-state index in [1.54, 1.807) is 0 Å². The first-order chi connectivity index (χ1) is 8.83. The summed E-state index contributed by atoms with van der Waals surface area (Å²) >= 11 is 0. The van der Waals surface area contributed by atoms with Crippen molar-refractivity contribution in [3.05, 3.63) is 0 Å². The van der Waals surface area contributed by atoms with E-state index in [0.29, 0.717) is 5.41 Å². The lowest BCUT2D eigenvalue weighted by molar-refractivity contribution is -0.0938. The summed E-state index contributed by atoms with van der Waals surface area (Å²) in [5.41, 5.74) is -0.949. The van der Waals surface area contributed by atoms with Crippen molar-refractivity contribution in [1.82, 2.24) is 4.90 Å². The van der Waals surface area contributed by atoms with Gasteiger partial charge in [-0.2, -0.15) is 5.26 Å². The molecule has 108 valence electrons. The zero-order valence-electron chi connectivity index (χ0n) is 12.7. The topological polar surface area (TPSA) is 47.3 Å². The van der Waals surface area contributed by atoms with Crippen molar-refractivity contribution in [3.8, 4) is 6.07 Å². The van der Waals surface area contributed by atoms with Crippen LogP contribution in [0.15, 0.2) is 0 Å². The van der Waals surface area contributed by atoms with Crippen LogP contribution in [0.25, 0.3) is 0 Å². The quantitative estimate of drug-likeness (QED) is 0.792. The molecule has 3 heteroatoms. The van der Waals surface area contributed by atoms with E-state index < -0.39 is 11.0 Å². The third-order valence-electron chi connectivity index (χ3n) is 5.60. The summed E-state index contributed by atoms with van der Waals surface area (Å²) in [6.45, 7) is 6.50. The SMILES string of the molecule is CN1CCCC(O)(C2(C#N)CCC(C)(C)CC2)CC1. The van der Waals surface area contributed by atoms with Gasteiger partial charge in [0.15, 0.2) is 0 Å². The summed E-state index contributed by atoms with van der Waals surface area (Å²) < 4.78 is 0. The van der Waals surface area contributed by atoms with Gasteiger partial charge in [0.1, 0.15) is 0 Å². The normalized spacial score (nSPS) is 35.3. The molecule has 0 aromatic heterocycles. The van der Waals surface area contributed by atoms with E-state index in [0.717, 1.165) is 58.0 Å². The Morgan fingerprint density at radius 1 is 1.00 bits per heavy atom. The Balaban J connectivity index is 2.19. The fourth-order valence-corrected chi connectivity index (χ4v) is 3.77. The van der Waals surface area contributed by atoms with Crippen LogP contribution in [0.1, 0.15) is 58.8 Å². The maximum atomic E-state index is 11.2. The number of nitriles is 1. The summed E-state index contributed by atoms with van der Waals surface area (Å²) in [6, 6.07) is 2.54. The van der Waals surface area contributed by atoms with E-state index in [2.05, 4.69) is 31.9 Å². The molecule has 3 nitrogen and oxygen atoms in total. The first-order valence-corrected chi connectivity index (χ1v) is 7.65. The van der Waals surface area contributed by atoms with Crippen LogP contribution in [0, 0.1) is 22.2 Å². The number of hydrogen-bond acceptors (Lipinski definition) is 3. The summed E-state index contributed by atoms with van der Waals surface area (Å²) in [4.78, 5) is 2.27. The molecule has 1 unspecified atom stereocenters. The van der Waals surface area contributed by atoms with Crippen LogP contribution in [-0.2, 0) is 0 Å². The van der Waals surface area contributed by atoms with Gasteiger partial charge in [-0.25, -0.2) is 0 Å². The number of likely N-dealkylation sites (tertiary alicyclic amines) is 1. The minimum Gasteiger partial charge on any atom is -0.388 e. The summed E-state index contributed by atoms with van der Waals surface area (Å²) in [5, 5.41) is 20.9. The predicted octanol–water partition coefficient (Wildman–Crippen LogP) is 2.94. The van der Waals surface area contributed by atoms with Gasteiger partial charge in [0, 0.05) is 6.54 Å². The third kappa shape index (κ3) is 2.80. The molecular weight excluding hydrogens is 236 g/mol. The number of nitrogens with zero attached hydrogens (tertiary/aromatic N) is 2. The number of rotatable bonds is 1. The smallest absolute Gasteiger partial charge is 0.0861 e. The van der Waals surface area contributed by atoms with Crippen molar-refractivity contribution in [2.75, 3.05) is 20.1 Å². The van der Waals surface area contributed by atoms with E-state index in [4.69, 9.17) is 0 Å². The van der Waals surface area contributed by atoms with E-state index in [1.807, 2.05) is 0 Å². The highest BCUT2D eigenvalue weighted by molar-refractivity contribution is 5.14. The van der Waals surface area contributed by atoms with Crippen molar-refractivity contribution >= 4 is 0 Å². The van der Waals surface area contributed by atoms with E-state index in [-0.39, 0.29) is 0 Å². The first-order valence-electron chi connectivity index (χ1n) is 7.65. The molecule has 0 spiro atoms. The molecule has 0 aromatic carbocycles. The van der Waals surface area contributed by atoms with Crippen molar-refractivity contribution < 1.29 is 5.11 Å². The van der Waals surface area contributed by atoms with Gasteiger partial charge < -0.3 is 10.0 Å². The van der Waals surface area contributed by atoms with Crippen molar-refractivity contribution in [3.63, 3.8) is 0 Å². The van der Waals surface area contributed by atoms with Crippen LogP contribution < -0.4 is 0 Å². The van der Waals surface area contributed by atoms with Crippen LogP contribution in [0.5, 0.6) is 0 Å². The van der Waals surface area contributed by atoms with Gasteiger partial charge in [-0.15, -0.1) is 0 Å². The molecule has 2 aliphatic rings. The average Bonchev–Trinajstić information content (AvgIpc) is 2.53. The summed E-state index contributed by atoms with van der Waals surface area (Å²) in [7, 11) is 2.11. The summed E-state index contributed by atoms with van der Waals surface area (Å²) in [6.07, 6.45) is 6.35. The zero-order valence-corrected chi connectivity index (χ0v) is 12.7. The molecule has 1 N–H and O–H groups in total. The zero-order chi connectivity index (χ0) is 14.1. The molecule has 0 aromatic rings. The highest BCUT2D eigenvalue weighted by Gasteiger charge is 2.53. The molecule has 0 bridgehead atoms. The second-order valence-electron chi connectivity index (χ2n) is 7.55. The molecule has 1 aliphatic heterocycles. The largest absolute Gasteiger partial charge is 0.388 e. The van der Waals surface area contributed by atoms with Crippen molar-refractivity contribution in [2.24, 2.45) is 10.8 Å². The minimum atomic E-state index is -0.775. The fraction of sp³-hybridized carbons (Fsp3) is 0.938. The average molecular weight is 264 g/mol. The van der Waals surface area contributed by atoms with Gasteiger partial charge in [-0.3, -0.25) is 0 Å². The van der Waals surface area contributed by atoms with Gasteiger partial charge in [-0.1, -0.05) is 13.8 Å². The van der Waals surface area contributed by atoms with Crippen molar-refractivity contribution in [2.45, 2.75) is 64.4 Å². The lowest BCUT2D eigenvalue weighted by Gasteiger charge is -2.48. The van der Waals surface area contributed by atoms with Gasteiger partial charge in [-0.05, 0) is 64.0 Å². The van der Waals surface area contributed by atoms with Crippen LogP contribution in [0.3, 0.4) is 0 Å². The number of aliphatic hydroxyl groups is 1. The first kappa shape index (κ1) is 14.8. The molecule has 1 saturated carbocycles. The Kier molecular flexibility index (Phi) is 3.95. The predicted molar refractivity (Wildman–Crippen MR) is 76.6 cm³/mol. The van der Waals surface area contributed by atoms with E-state index in [1.165, 1.54) is 0 Å². The maximum absolute atomic E-state index is 11.2. The Morgan fingerprint density at radius 2 is 1.63 bits per heavy atom. The molecule has 1 atom stereocenters. The lowest BCUT2D eigenvalue weighted by Crippen LogP contribution is -2.50. The molecule has 2 rings (SSSR count). The summed E-state index contributed by atoms with van der Waals surface area (Å²) in [5.74, 6) is 0. The second kappa shape index (κ2) is 5.07. The Bertz CT molecular complexity index is 361. The Morgan fingerprint density at radius 3 is 2.21 bits per heavy atom. The van der Waals surface area contributed by atoms with Gasteiger partial charge in [0.25, 0.3) is 0 Å². The highest BCUT2D eigenvalue weighted by atomic mass is 16.3. The standard InChI is InChI=1S/C16H28N2O/c1-14(2)6-8-15(13-17,9-7-14)16(19)5-4-11-18(3)12-10-16/h19H,4-12H2,1-3H3. The Labute approximate surface area is 117 Å². The van der Waals surface area contributed by atoms with Crippen molar-refractivity contribution in [1.29, 1.82) is 5.26 Å². The van der Waals surface area contributed by atoms with Gasteiger partial charge >= 0.3 is 0 Å². The van der Waals surface area contributed by atoms with Crippen LogP contribution in [0.2, 0.25) is 0 Å². The second-order valence-corrected chi connectivity index (χ2v) is 7.55. The molecule has 0 amide bonds. The van der Waals surface area contributed by atoms with Gasteiger partial charge in [0.05, 0.1) is 17.1 Å².